The molecule has 0 saturated heterocycles. The average Bonchev–Trinajstić information content (AvgIpc) is 2.41. The van der Waals surface area contributed by atoms with Gasteiger partial charge in [0.25, 0.3) is 0 Å². The van der Waals surface area contributed by atoms with Crippen molar-refractivity contribution in [1.82, 2.24) is 10.6 Å². The van der Waals surface area contributed by atoms with E-state index < -0.39 is 0 Å². The first-order valence-corrected chi connectivity index (χ1v) is 8.76. The predicted molar refractivity (Wildman–Crippen MR) is 111 cm³/mol. The molecule has 2 N–H and O–H groups in total. The fraction of sp³-hybridized carbons (Fsp3) is 0.944. The largest absolute Gasteiger partial charge is 0.385 e. The van der Waals surface area contributed by atoms with E-state index in [0.29, 0.717) is 16.9 Å². The predicted octanol–water partition coefficient (Wildman–Crippen LogP) is 4.19. The zero-order chi connectivity index (χ0) is 16.6. The molecule has 0 radical (unpaired) electrons. The van der Waals surface area contributed by atoms with Crippen molar-refractivity contribution in [2.75, 3.05) is 27.3 Å². The van der Waals surface area contributed by atoms with E-state index in [2.05, 4.69) is 43.3 Å². The second-order valence-corrected chi connectivity index (χ2v) is 8.17. The lowest BCUT2D eigenvalue weighted by molar-refractivity contribution is 0.0732. The number of rotatable bonds is 8. The standard InChI is InChI=1S/C18H37N3O.HI/c1-15(8-11-17(2,3)4)21-16(19-5)20-14-18(9-7-10-18)12-13-22-6;/h15H,7-14H2,1-6H3,(H2,19,20,21);1H. The molecule has 0 amide bonds. The molecule has 1 aliphatic rings. The van der Waals surface area contributed by atoms with E-state index in [0.717, 1.165) is 25.5 Å². The minimum atomic E-state index is 0. The number of hydrogen-bond acceptors (Lipinski definition) is 2. The Labute approximate surface area is 160 Å². The number of methoxy groups -OCH3 is 1. The highest BCUT2D eigenvalue weighted by molar-refractivity contribution is 14.0. The smallest absolute Gasteiger partial charge is 0.191 e. The van der Waals surface area contributed by atoms with E-state index in [9.17, 15) is 0 Å². The first-order chi connectivity index (χ1) is 10.3. The van der Waals surface area contributed by atoms with Gasteiger partial charge in [-0.3, -0.25) is 4.99 Å². The number of guanidine groups is 1. The van der Waals surface area contributed by atoms with E-state index in [1.807, 2.05) is 7.05 Å². The fourth-order valence-corrected chi connectivity index (χ4v) is 2.93. The van der Waals surface area contributed by atoms with Gasteiger partial charge in [-0.15, -0.1) is 24.0 Å². The molecule has 5 heteroatoms. The zero-order valence-corrected chi connectivity index (χ0v) is 18.3. The third kappa shape index (κ3) is 9.13. The van der Waals surface area contributed by atoms with Crippen molar-refractivity contribution in [2.45, 2.75) is 72.3 Å². The number of nitrogens with one attached hydrogen (secondary N) is 2. The molecule has 4 nitrogen and oxygen atoms in total. The molecule has 0 spiro atoms. The van der Waals surface area contributed by atoms with Crippen molar-refractivity contribution in [3.8, 4) is 0 Å². The minimum Gasteiger partial charge on any atom is -0.385 e. The Morgan fingerprint density at radius 2 is 1.96 bits per heavy atom. The first kappa shape index (κ1) is 23.0. The molecule has 0 heterocycles. The van der Waals surface area contributed by atoms with Crippen molar-refractivity contribution in [1.29, 1.82) is 0 Å². The van der Waals surface area contributed by atoms with Gasteiger partial charge in [-0.05, 0) is 49.9 Å². The van der Waals surface area contributed by atoms with Crippen LogP contribution in [0.4, 0.5) is 0 Å². The van der Waals surface area contributed by atoms with E-state index in [-0.39, 0.29) is 24.0 Å². The lowest BCUT2D eigenvalue weighted by Crippen LogP contribution is -2.48. The van der Waals surface area contributed by atoms with Gasteiger partial charge in [-0.1, -0.05) is 27.2 Å². The van der Waals surface area contributed by atoms with Gasteiger partial charge in [0.05, 0.1) is 0 Å². The Bertz CT molecular complexity index is 349. The van der Waals surface area contributed by atoms with Gasteiger partial charge in [-0.25, -0.2) is 0 Å². The van der Waals surface area contributed by atoms with E-state index in [1.165, 1.54) is 32.1 Å². The quantitative estimate of drug-likeness (QED) is 0.339. The third-order valence-corrected chi connectivity index (χ3v) is 4.82. The van der Waals surface area contributed by atoms with Crippen LogP contribution < -0.4 is 10.6 Å². The van der Waals surface area contributed by atoms with Gasteiger partial charge in [-0.2, -0.15) is 0 Å². The molecule has 1 rings (SSSR count). The second-order valence-electron chi connectivity index (χ2n) is 8.17. The summed E-state index contributed by atoms with van der Waals surface area (Å²) in [5, 5.41) is 7.06. The van der Waals surface area contributed by atoms with Crippen LogP contribution in [0.1, 0.15) is 66.2 Å². The molecule has 138 valence electrons. The molecule has 1 fully saturated rings. The van der Waals surface area contributed by atoms with Gasteiger partial charge in [0.2, 0.25) is 0 Å². The Hall–Kier alpha value is -0.0400. The van der Waals surface area contributed by atoms with Crippen LogP contribution in [0, 0.1) is 10.8 Å². The van der Waals surface area contributed by atoms with Crippen molar-refractivity contribution < 1.29 is 4.74 Å². The van der Waals surface area contributed by atoms with Crippen molar-refractivity contribution in [3.63, 3.8) is 0 Å². The molecule has 1 atom stereocenters. The van der Waals surface area contributed by atoms with Crippen LogP contribution >= 0.6 is 24.0 Å². The lowest BCUT2D eigenvalue weighted by atomic mass is 9.67. The molecule has 23 heavy (non-hydrogen) atoms. The molecule has 0 aliphatic heterocycles. The van der Waals surface area contributed by atoms with Gasteiger partial charge >= 0.3 is 0 Å². The maximum atomic E-state index is 5.26. The fourth-order valence-electron chi connectivity index (χ4n) is 2.93. The molecule has 0 aromatic carbocycles. The third-order valence-electron chi connectivity index (χ3n) is 4.82. The van der Waals surface area contributed by atoms with Crippen molar-refractivity contribution in [2.24, 2.45) is 15.8 Å². The van der Waals surface area contributed by atoms with E-state index >= 15 is 0 Å². The topological polar surface area (TPSA) is 45.7 Å². The van der Waals surface area contributed by atoms with E-state index in [4.69, 9.17) is 4.74 Å². The van der Waals surface area contributed by atoms with Crippen LogP contribution in [-0.4, -0.2) is 39.3 Å². The Balaban J connectivity index is 0.00000484. The first-order valence-electron chi connectivity index (χ1n) is 8.76. The van der Waals surface area contributed by atoms with Crippen molar-refractivity contribution in [3.05, 3.63) is 0 Å². The SMILES string of the molecule is CN=C(NCC1(CCOC)CCC1)NC(C)CCC(C)(C)C.I. The maximum absolute atomic E-state index is 5.26. The molecule has 1 unspecified atom stereocenters. The minimum absolute atomic E-state index is 0. The molecular formula is C18H38IN3O. The number of nitrogens with zero attached hydrogens (tertiary/aromatic N) is 1. The summed E-state index contributed by atoms with van der Waals surface area (Å²) in [6.07, 6.45) is 7.49. The highest BCUT2D eigenvalue weighted by Gasteiger charge is 2.36. The number of aliphatic imine (C=N–C) groups is 1. The molecule has 0 aromatic rings. The van der Waals surface area contributed by atoms with Crippen molar-refractivity contribution >= 4 is 29.9 Å². The molecule has 1 saturated carbocycles. The second kappa shape index (κ2) is 10.7. The Kier molecular flexibility index (Phi) is 10.7. The lowest BCUT2D eigenvalue weighted by Gasteiger charge is -2.42. The molecule has 0 aromatic heterocycles. The zero-order valence-electron chi connectivity index (χ0n) is 16.0. The monoisotopic (exact) mass is 439 g/mol. The van der Waals surface area contributed by atoms with Gasteiger partial charge < -0.3 is 15.4 Å². The normalized spacial score (nSPS) is 18.6. The summed E-state index contributed by atoms with van der Waals surface area (Å²) in [4.78, 5) is 4.38. The van der Waals surface area contributed by atoms with Gasteiger partial charge in [0, 0.05) is 33.4 Å². The number of ether oxygens (including phenoxy) is 1. The van der Waals surface area contributed by atoms with E-state index in [1.54, 1.807) is 7.11 Å². The van der Waals surface area contributed by atoms with Crippen LogP contribution in [0.25, 0.3) is 0 Å². The number of halogens is 1. The van der Waals surface area contributed by atoms with Crippen LogP contribution in [0.15, 0.2) is 4.99 Å². The summed E-state index contributed by atoms with van der Waals surface area (Å²) in [6.45, 7) is 11.0. The summed E-state index contributed by atoms with van der Waals surface area (Å²) >= 11 is 0. The summed E-state index contributed by atoms with van der Waals surface area (Å²) in [5.74, 6) is 0.935. The Morgan fingerprint density at radius 3 is 2.39 bits per heavy atom. The van der Waals surface area contributed by atoms with Crippen LogP contribution in [-0.2, 0) is 4.74 Å². The highest BCUT2D eigenvalue weighted by atomic mass is 127. The summed E-state index contributed by atoms with van der Waals surface area (Å²) in [7, 11) is 3.64. The molecular weight excluding hydrogens is 401 g/mol. The molecule has 1 aliphatic carbocycles. The molecule has 0 bridgehead atoms. The number of hydrogen-bond donors (Lipinski definition) is 2. The highest BCUT2D eigenvalue weighted by Crippen LogP contribution is 2.43. The van der Waals surface area contributed by atoms with Crippen LogP contribution in [0.3, 0.4) is 0 Å². The van der Waals surface area contributed by atoms with Gasteiger partial charge in [0.1, 0.15) is 0 Å². The maximum Gasteiger partial charge on any atom is 0.191 e. The summed E-state index contributed by atoms with van der Waals surface area (Å²) in [6, 6.07) is 0.446. The van der Waals surface area contributed by atoms with Gasteiger partial charge in [0.15, 0.2) is 5.96 Å². The summed E-state index contributed by atoms with van der Waals surface area (Å²) < 4.78 is 5.26. The average molecular weight is 439 g/mol. The van der Waals surface area contributed by atoms with Crippen LogP contribution in [0.2, 0.25) is 0 Å². The Morgan fingerprint density at radius 1 is 1.30 bits per heavy atom. The summed E-state index contributed by atoms with van der Waals surface area (Å²) in [5.41, 5.74) is 0.811. The van der Waals surface area contributed by atoms with Crippen LogP contribution in [0.5, 0.6) is 0 Å².